The quantitative estimate of drug-likeness (QED) is 0.818. The fourth-order valence-electron chi connectivity index (χ4n) is 1.29. The second-order valence-corrected chi connectivity index (χ2v) is 4.75. The number of hydrogen-bond acceptors (Lipinski definition) is 3. The van der Waals surface area contributed by atoms with Gasteiger partial charge in [0, 0.05) is 12.7 Å². The maximum absolute atomic E-state index is 11.9. The monoisotopic (exact) mass is 303 g/mol. The van der Waals surface area contributed by atoms with E-state index in [1.807, 2.05) is 6.92 Å². The molecule has 0 aliphatic carbocycles. The van der Waals surface area contributed by atoms with Crippen LogP contribution in [0.3, 0.4) is 0 Å². The molecular formula is C12H15Cl2N3O2. The molecule has 5 nitrogen and oxygen atoms in total. The number of nitrogens with zero attached hydrogens (tertiary/aromatic N) is 1. The Kier molecular flexibility index (Phi) is 6.05. The largest absolute Gasteiger partial charge is 0.354 e. The third kappa shape index (κ3) is 4.69. The molecule has 7 heteroatoms. The van der Waals surface area contributed by atoms with Crippen LogP contribution >= 0.6 is 23.2 Å². The minimum atomic E-state index is -0.631. The molecule has 1 atom stereocenters. The summed E-state index contributed by atoms with van der Waals surface area (Å²) in [6.45, 7) is 4.13. The van der Waals surface area contributed by atoms with Crippen molar-refractivity contribution >= 4 is 35.0 Å². The maximum Gasteiger partial charge on any atom is 0.253 e. The van der Waals surface area contributed by atoms with Crippen LogP contribution in [0.5, 0.6) is 0 Å². The molecule has 0 fully saturated rings. The number of amides is 2. The number of carbonyl (C=O) groups is 2. The molecule has 0 bridgehead atoms. The normalized spacial score (nSPS) is 11.8. The van der Waals surface area contributed by atoms with Crippen molar-refractivity contribution in [1.29, 1.82) is 0 Å². The highest BCUT2D eigenvalue weighted by Gasteiger charge is 2.16. The first kappa shape index (κ1) is 15.7. The summed E-state index contributed by atoms with van der Waals surface area (Å²) in [5.74, 6) is -0.659. The third-order valence-corrected chi connectivity index (χ3v) is 3.03. The van der Waals surface area contributed by atoms with Crippen LogP contribution in [-0.4, -0.2) is 29.4 Å². The van der Waals surface area contributed by atoms with Gasteiger partial charge in [-0.05, 0) is 19.4 Å². The fraction of sp³-hybridized carbons (Fsp3) is 0.417. The zero-order valence-corrected chi connectivity index (χ0v) is 12.2. The third-order valence-electron chi connectivity index (χ3n) is 2.35. The molecule has 2 amide bonds. The number of halogens is 2. The van der Waals surface area contributed by atoms with Crippen LogP contribution in [0.25, 0.3) is 0 Å². The molecule has 1 heterocycles. The van der Waals surface area contributed by atoms with Gasteiger partial charge in [-0.25, -0.2) is 4.98 Å². The van der Waals surface area contributed by atoms with Crippen molar-refractivity contribution in [2.24, 2.45) is 0 Å². The lowest BCUT2D eigenvalue weighted by atomic mass is 10.2. The van der Waals surface area contributed by atoms with Crippen molar-refractivity contribution < 1.29 is 9.59 Å². The van der Waals surface area contributed by atoms with E-state index in [-0.39, 0.29) is 21.6 Å². The molecule has 0 saturated carbocycles. The van der Waals surface area contributed by atoms with Crippen LogP contribution in [0, 0.1) is 0 Å². The molecule has 1 aromatic heterocycles. The predicted molar refractivity (Wildman–Crippen MR) is 74.5 cm³/mol. The Hall–Kier alpha value is -1.33. The van der Waals surface area contributed by atoms with Crippen molar-refractivity contribution in [3.05, 3.63) is 28.0 Å². The number of hydrogen-bond donors (Lipinski definition) is 2. The zero-order chi connectivity index (χ0) is 14.4. The Morgan fingerprint density at radius 2 is 2.11 bits per heavy atom. The Morgan fingerprint density at radius 3 is 2.68 bits per heavy atom. The molecule has 0 radical (unpaired) electrons. The van der Waals surface area contributed by atoms with Crippen LogP contribution in [0.2, 0.25) is 10.2 Å². The van der Waals surface area contributed by atoms with Gasteiger partial charge in [-0.3, -0.25) is 9.59 Å². The van der Waals surface area contributed by atoms with E-state index in [4.69, 9.17) is 23.2 Å². The molecule has 1 rings (SSSR count). The van der Waals surface area contributed by atoms with E-state index < -0.39 is 11.9 Å². The summed E-state index contributed by atoms with van der Waals surface area (Å²) in [5, 5.41) is 5.58. The molecule has 19 heavy (non-hydrogen) atoms. The highest BCUT2D eigenvalue weighted by atomic mass is 35.5. The first-order valence-corrected chi connectivity index (χ1v) is 6.61. The highest BCUT2D eigenvalue weighted by Crippen LogP contribution is 2.19. The molecule has 1 aromatic rings. The van der Waals surface area contributed by atoms with Gasteiger partial charge in [0.1, 0.15) is 11.2 Å². The first-order valence-electron chi connectivity index (χ1n) is 5.85. The number of pyridine rings is 1. The van der Waals surface area contributed by atoms with Gasteiger partial charge in [0.15, 0.2) is 0 Å². The van der Waals surface area contributed by atoms with Crippen molar-refractivity contribution in [2.75, 3.05) is 6.54 Å². The summed E-state index contributed by atoms with van der Waals surface area (Å²) in [7, 11) is 0. The van der Waals surface area contributed by atoms with Gasteiger partial charge in [-0.2, -0.15) is 0 Å². The van der Waals surface area contributed by atoms with E-state index in [9.17, 15) is 9.59 Å². The smallest absolute Gasteiger partial charge is 0.253 e. The standard InChI is InChI=1S/C12H15Cl2N3O2/c1-3-4-15-11(18)7(2)17-12(19)8-5-9(13)10(14)16-6-8/h5-7H,3-4H2,1-2H3,(H,15,18)(H,17,19). The molecule has 104 valence electrons. The SMILES string of the molecule is CCCNC(=O)C(C)NC(=O)c1cnc(Cl)c(Cl)c1. The van der Waals surface area contributed by atoms with Crippen LogP contribution in [-0.2, 0) is 4.79 Å². The van der Waals surface area contributed by atoms with Crippen LogP contribution < -0.4 is 10.6 Å². The fourth-order valence-corrected chi connectivity index (χ4v) is 1.56. The second kappa shape index (κ2) is 7.31. The van der Waals surface area contributed by atoms with Gasteiger partial charge in [0.25, 0.3) is 5.91 Å². The van der Waals surface area contributed by atoms with Crippen LogP contribution in [0.15, 0.2) is 12.3 Å². The lowest BCUT2D eigenvalue weighted by molar-refractivity contribution is -0.122. The van der Waals surface area contributed by atoms with Gasteiger partial charge in [0.2, 0.25) is 5.91 Å². The summed E-state index contributed by atoms with van der Waals surface area (Å²) in [4.78, 5) is 27.2. The maximum atomic E-state index is 11.9. The van der Waals surface area contributed by atoms with E-state index in [1.54, 1.807) is 6.92 Å². The van der Waals surface area contributed by atoms with Crippen molar-refractivity contribution in [3.63, 3.8) is 0 Å². The van der Waals surface area contributed by atoms with E-state index >= 15 is 0 Å². The zero-order valence-electron chi connectivity index (χ0n) is 10.7. The molecule has 0 aliphatic heterocycles. The molecule has 1 unspecified atom stereocenters. The Bertz CT molecular complexity index is 480. The Balaban J connectivity index is 2.63. The second-order valence-electron chi connectivity index (χ2n) is 3.98. The minimum Gasteiger partial charge on any atom is -0.354 e. The van der Waals surface area contributed by atoms with E-state index in [0.29, 0.717) is 6.54 Å². The van der Waals surface area contributed by atoms with Crippen LogP contribution in [0.1, 0.15) is 30.6 Å². The average molecular weight is 304 g/mol. The van der Waals surface area contributed by atoms with Gasteiger partial charge in [-0.15, -0.1) is 0 Å². The first-order chi connectivity index (χ1) is 8.95. The molecule has 0 spiro atoms. The van der Waals surface area contributed by atoms with E-state index in [1.165, 1.54) is 12.3 Å². The topological polar surface area (TPSA) is 71.1 Å². The average Bonchev–Trinajstić information content (AvgIpc) is 2.38. The van der Waals surface area contributed by atoms with E-state index in [2.05, 4.69) is 15.6 Å². The number of nitrogens with one attached hydrogen (secondary N) is 2. The Morgan fingerprint density at radius 1 is 1.42 bits per heavy atom. The summed E-state index contributed by atoms with van der Waals surface area (Å²) < 4.78 is 0. The van der Waals surface area contributed by atoms with Crippen molar-refractivity contribution in [2.45, 2.75) is 26.3 Å². The van der Waals surface area contributed by atoms with Gasteiger partial charge in [0.05, 0.1) is 10.6 Å². The molecular weight excluding hydrogens is 289 g/mol. The van der Waals surface area contributed by atoms with Crippen molar-refractivity contribution in [3.8, 4) is 0 Å². The molecule has 0 aromatic carbocycles. The summed E-state index contributed by atoms with van der Waals surface area (Å²) in [6.07, 6.45) is 2.14. The predicted octanol–water partition coefficient (Wildman–Crippen LogP) is 2.03. The minimum absolute atomic E-state index is 0.131. The van der Waals surface area contributed by atoms with E-state index in [0.717, 1.165) is 6.42 Å². The summed E-state index contributed by atoms with van der Waals surface area (Å²) in [5.41, 5.74) is 0.254. The highest BCUT2D eigenvalue weighted by molar-refractivity contribution is 6.41. The summed E-state index contributed by atoms with van der Waals surface area (Å²) in [6, 6.07) is 0.775. The lowest BCUT2D eigenvalue weighted by Crippen LogP contribution is -2.45. The number of carbonyl (C=O) groups excluding carboxylic acids is 2. The summed E-state index contributed by atoms with van der Waals surface area (Å²) >= 11 is 11.4. The number of aromatic nitrogens is 1. The van der Waals surface area contributed by atoms with Crippen LogP contribution in [0.4, 0.5) is 0 Å². The number of rotatable bonds is 5. The molecule has 2 N–H and O–H groups in total. The lowest BCUT2D eigenvalue weighted by Gasteiger charge is -2.13. The van der Waals surface area contributed by atoms with Gasteiger partial charge < -0.3 is 10.6 Å². The van der Waals surface area contributed by atoms with Crippen molar-refractivity contribution in [1.82, 2.24) is 15.6 Å². The molecule has 0 aliphatic rings. The Labute approximate surface area is 121 Å². The van der Waals surface area contributed by atoms with Gasteiger partial charge in [-0.1, -0.05) is 30.1 Å². The van der Waals surface area contributed by atoms with Gasteiger partial charge >= 0.3 is 0 Å². The molecule has 0 saturated heterocycles.